The van der Waals surface area contributed by atoms with Crippen LogP contribution >= 0.6 is 0 Å². The van der Waals surface area contributed by atoms with E-state index in [0.29, 0.717) is 28.5 Å². The van der Waals surface area contributed by atoms with Crippen LogP contribution in [0.5, 0.6) is 17.2 Å². The minimum atomic E-state index is -0.269. The molecule has 0 fully saturated rings. The highest BCUT2D eigenvalue weighted by Gasteiger charge is 2.19. The number of hydrogen-bond donors (Lipinski definition) is 1. The van der Waals surface area contributed by atoms with Crippen LogP contribution < -0.4 is 14.2 Å². The number of rotatable bonds is 6. The SMILES string of the molecule is COc1cc(C#N)cc(-c2n[nH]c3cc(OC)c(O[C@@H](C)c4c(C)cnnc4C)cc23)c1. The van der Waals surface area contributed by atoms with Gasteiger partial charge in [-0.3, -0.25) is 5.10 Å². The van der Waals surface area contributed by atoms with Crippen LogP contribution in [0.3, 0.4) is 0 Å². The van der Waals surface area contributed by atoms with Crippen molar-refractivity contribution in [2.45, 2.75) is 26.9 Å². The van der Waals surface area contributed by atoms with Crippen LogP contribution in [0.25, 0.3) is 22.2 Å². The van der Waals surface area contributed by atoms with Gasteiger partial charge in [-0.1, -0.05) is 0 Å². The van der Waals surface area contributed by atoms with E-state index in [-0.39, 0.29) is 6.10 Å². The molecule has 8 nitrogen and oxygen atoms in total. The van der Waals surface area contributed by atoms with E-state index in [0.717, 1.165) is 33.3 Å². The Hall–Kier alpha value is -4.12. The zero-order valence-corrected chi connectivity index (χ0v) is 18.6. The molecular formula is C24H23N5O3. The minimum absolute atomic E-state index is 0.269. The van der Waals surface area contributed by atoms with Crippen molar-refractivity contribution in [3.63, 3.8) is 0 Å². The number of H-pyrrole nitrogens is 1. The topological polar surface area (TPSA) is 106 Å². The van der Waals surface area contributed by atoms with Gasteiger partial charge < -0.3 is 14.2 Å². The first-order valence-electron chi connectivity index (χ1n) is 10.1. The van der Waals surface area contributed by atoms with Gasteiger partial charge in [-0.05, 0) is 50.6 Å². The molecule has 1 N–H and O–H groups in total. The Labute approximate surface area is 185 Å². The summed E-state index contributed by atoms with van der Waals surface area (Å²) in [5.41, 5.74) is 5.55. The van der Waals surface area contributed by atoms with Gasteiger partial charge >= 0.3 is 0 Å². The number of aromatic amines is 1. The van der Waals surface area contributed by atoms with Crippen LogP contribution in [-0.4, -0.2) is 34.6 Å². The number of methoxy groups -OCH3 is 2. The van der Waals surface area contributed by atoms with Gasteiger partial charge in [-0.25, -0.2) is 0 Å². The number of aromatic nitrogens is 4. The van der Waals surface area contributed by atoms with Crippen molar-refractivity contribution in [2.24, 2.45) is 0 Å². The first-order chi connectivity index (χ1) is 15.4. The summed E-state index contributed by atoms with van der Waals surface area (Å²) < 4.78 is 17.3. The van der Waals surface area contributed by atoms with Gasteiger partial charge in [0.25, 0.3) is 0 Å². The quantitative estimate of drug-likeness (QED) is 0.475. The van der Waals surface area contributed by atoms with Crippen LogP contribution in [-0.2, 0) is 0 Å². The Bertz CT molecular complexity index is 1320. The first kappa shape index (κ1) is 21.1. The molecule has 0 spiro atoms. The molecule has 0 unspecified atom stereocenters. The van der Waals surface area contributed by atoms with Crippen molar-refractivity contribution in [3.05, 3.63) is 58.9 Å². The summed E-state index contributed by atoms with van der Waals surface area (Å²) in [5, 5.41) is 25.9. The lowest BCUT2D eigenvalue weighted by molar-refractivity contribution is 0.214. The van der Waals surface area contributed by atoms with Gasteiger partial charge in [0.15, 0.2) is 11.5 Å². The molecule has 4 aromatic rings. The summed E-state index contributed by atoms with van der Waals surface area (Å²) in [7, 11) is 3.17. The lowest BCUT2D eigenvalue weighted by Gasteiger charge is -2.20. The molecular weight excluding hydrogens is 406 g/mol. The molecule has 0 amide bonds. The van der Waals surface area contributed by atoms with E-state index in [1.807, 2.05) is 39.0 Å². The van der Waals surface area contributed by atoms with Crippen LogP contribution in [0, 0.1) is 25.2 Å². The maximum Gasteiger partial charge on any atom is 0.162 e. The van der Waals surface area contributed by atoms with E-state index in [4.69, 9.17) is 14.2 Å². The van der Waals surface area contributed by atoms with Gasteiger partial charge in [0, 0.05) is 22.6 Å². The van der Waals surface area contributed by atoms with Gasteiger partial charge in [0.1, 0.15) is 17.5 Å². The zero-order chi connectivity index (χ0) is 22.8. The number of aryl methyl sites for hydroxylation is 2. The largest absolute Gasteiger partial charge is 0.497 e. The molecule has 0 aliphatic rings. The molecule has 0 saturated carbocycles. The molecule has 2 heterocycles. The highest BCUT2D eigenvalue weighted by molar-refractivity contribution is 5.95. The number of ether oxygens (including phenoxy) is 3. The van der Waals surface area contributed by atoms with Gasteiger partial charge in [0.2, 0.25) is 0 Å². The fourth-order valence-corrected chi connectivity index (χ4v) is 3.89. The molecule has 2 aromatic carbocycles. The molecule has 0 aliphatic carbocycles. The van der Waals surface area contributed by atoms with Crippen molar-refractivity contribution in [3.8, 4) is 34.6 Å². The normalized spacial score (nSPS) is 11.8. The number of nitrogens with one attached hydrogen (secondary N) is 1. The van der Waals surface area contributed by atoms with Crippen molar-refractivity contribution in [1.82, 2.24) is 20.4 Å². The Morgan fingerprint density at radius 1 is 1.03 bits per heavy atom. The second kappa shape index (κ2) is 8.55. The lowest BCUT2D eigenvalue weighted by atomic mass is 10.0. The molecule has 0 radical (unpaired) electrons. The Kier molecular flexibility index (Phi) is 5.65. The van der Waals surface area contributed by atoms with E-state index in [2.05, 4.69) is 26.5 Å². The third-order valence-corrected chi connectivity index (χ3v) is 5.38. The minimum Gasteiger partial charge on any atom is -0.497 e. The molecule has 0 aliphatic heterocycles. The smallest absolute Gasteiger partial charge is 0.162 e. The predicted octanol–water partition coefficient (Wildman–Crippen LogP) is 4.67. The third kappa shape index (κ3) is 3.81. The zero-order valence-electron chi connectivity index (χ0n) is 18.6. The maximum atomic E-state index is 9.38. The number of nitriles is 1. The van der Waals surface area contributed by atoms with Crippen LogP contribution in [0.4, 0.5) is 0 Å². The third-order valence-electron chi connectivity index (χ3n) is 5.38. The summed E-state index contributed by atoms with van der Waals surface area (Å²) in [6.45, 7) is 5.87. The Balaban J connectivity index is 1.81. The first-order valence-corrected chi connectivity index (χ1v) is 10.1. The number of fused-ring (bicyclic) bond motifs is 1. The van der Waals surface area contributed by atoms with Crippen molar-refractivity contribution >= 4 is 10.9 Å². The predicted molar refractivity (Wildman–Crippen MR) is 120 cm³/mol. The highest BCUT2D eigenvalue weighted by Crippen LogP contribution is 2.39. The van der Waals surface area contributed by atoms with Crippen LogP contribution in [0.2, 0.25) is 0 Å². The number of nitrogens with zero attached hydrogens (tertiary/aromatic N) is 4. The van der Waals surface area contributed by atoms with E-state index >= 15 is 0 Å². The molecule has 2 aromatic heterocycles. The van der Waals surface area contributed by atoms with Crippen LogP contribution in [0.15, 0.2) is 36.5 Å². The summed E-state index contributed by atoms with van der Waals surface area (Å²) >= 11 is 0. The average Bonchev–Trinajstić information content (AvgIpc) is 3.20. The van der Waals surface area contributed by atoms with E-state index in [9.17, 15) is 5.26 Å². The number of hydrogen-bond acceptors (Lipinski definition) is 7. The van der Waals surface area contributed by atoms with Gasteiger partial charge in [0.05, 0.1) is 43.3 Å². The summed E-state index contributed by atoms with van der Waals surface area (Å²) in [6.07, 6.45) is 1.46. The second-order valence-corrected chi connectivity index (χ2v) is 7.47. The van der Waals surface area contributed by atoms with Crippen molar-refractivity contribution in [2.75, 3.05) is 14.2 Å². The molecule has 162 valence electrons. The second-order valence-electron chi connectivity index (χ2n) is 7.47. The average molecular weight is 429 g/mol. The molecule has 8 heteroatoms. The standard InChI is InChI=1S/C24H23N5O3/c1-13-12-26-27-14(2)23(13)15(3)32-22-9-19-20(10-21(22)31-5)28-29-24(19)17-6-16(11-25)7-18(8-17)30-4/h6-10,12,15H,1-5H3,(H,28,29)/t15-/m0/s1. The molecule has 0 saturated heterocycles. The fraction of sp³-hybridized carbons (Fsp3) is 0.250. The van der Waals surface area contributed by atoms with E-state index in [1.165, 1.54) is 0 Å². The monoisotopic (exact) mass is 429 g/mol. The molecule has 32 heavy (non-hydrogen) atoms. The van der Waals surface area contributed by atoms with Gasteiger partial charge in [-0.2, -0.15) is 20.6 Å². The van der Waals surface area contributed by atoms with Crippen molar-refractivity contribution < 1.29 is 14.2 Å². The molecule has 0 bridgehead atoms. The highest BCUT2D eigenvalue weighted by atomic mass is 16.5. The summed E-state index contributed by atoms with van der Waals surface area (Å²) in [4.78, 5) is 0. The lowest BCUT2D eigenvalue weighted by Crippen LogP contribution is -2.10. The van der Waals surface area contributed by atoms with E-state index in [1.54, 1.807) is 32.5 Å². The van der Waals surface area contributed by atoms with E-state index < -0.39 is 0 Å². The fourth-order valence-electron chi connectivity index (χ4n) is 3.89. The Morgan fingerprint density at radius 3 is 2.53 bits per heavy atom. The summed E-state index contributed by atoms with van der Waals surface area (Å²) in [6, 6.07) is 11.2. The molecule has 4 rings (SSSR count). The molecule has 1 atom stereocenters. The van der Waals surface area contributed by atoms with Gasteiger partial charge in [-0.15, -0.1) is 0 Å². The summed E-state index contributed by atoms with van der Waals surface area (Å²) in [5.74, 6) is 1.75. The maximum absolute atomic E-state index is 9.38. The van der Waals surface area contributed by atoms with Crippen LogP contribution in [0.1, 0.15) is 35.4 Å². The Morgan fingerprint density at radius 2 is 1.84 bits per heavy atom. The van der Waals surface area contributed by atoms with Crippen molar-refractivity contribution in [1.29, 1.82) is 5.26 Å². The number of benzene rings is 2.